The van der Waals surface area contributed by atoms with Crippen LogP contribution in [0, 0.1) is 23.4 Å². The Morgan fingerprint density at radius 3 is 2.39 bits per heavy atom. The van der Waals surface area contributed by atoms with Gasteiger partial charge in [-0.25, -0.2) is 18.0 Å². The highest BCUT2D eigenvalue weighted by molar-refractivity contribution is 5.92. The average molecular weight is 453 g/mol. The Hall–Kier alpha value is -3.08. The molecule has 1 fully saturated rings. The maximum absolute atomic E-state index is 14.8. The molecule has 33 heavy (non-hydrogen) atoms. The van der Waals surface area contributed by atoms with Crippen molar-refractivity contribution in [3.63, 3.8) is 0 Å². The molecule has 3 aromatic carbocycles. The molecule has 1 aliphatic carbocycles. The fourth-order valence-corrected chi connectivity index (χ4v) is 4.75. The van der Waals surface area contributed by atoms with Crippen molar-refractivity contribution in [2.45, 2.75) is 51.4 Å². The molecule has 0 radical (unpaired) electrons. The van der Waals surface area contributed by atoms with Gasteiger partial charge in [0, 0.05) is 5.39 Å². The summed E-state index contributed by atoms with van der Waals surface area (Å²) in [4.78, 5) is 12.5. The topological polar surface area (TPSA) is 26.3 Å². The summed E-state index contributed by atoms with van der Waals surface area (Å²) in [5.41, 5.74) is -0.118. The van der Waals surface area contributed by atoms with Crippen molar-refractivity contribution in [3.05, 3.63) is 89.3 Å². The van der Waals surface area contributed by atoms with Crippen LogP contribution in [0.2, 0.25) is 0 Å². The molecule has 0 aliphatic heterocycles. The lowest BCUT2D eigenvalue weighted by atomic mass is 9.77. The van der Waals surface area contributed by atoms with Gasteiger partial charge in [-0.1, -0.05) is 24.3 Å². The van der Waals surface area contributed by atoms with Crippen LogP contribution in [0.5, 0.6) is 5.75 Å². The van der Waals surface area contributed by atoms with Gasteiger partial charge in [0.2, 0.25) is 0 Å². The number of rotatable bonds is 6. The van der Waals surface area contributed by atoms with Gasteiger partial charge in [-0.2, -0.15) is 0 Å². The SMILES string of the molecule is C/C=C/CCC1CCC(c2cc(F)c(C(=O)Oc3ccc4c(F)cccc4c3)c(F)c2)CC1. The Morgan fingerprint density at radius 1 is 0.970 bits per heavy atom. The van der Waals surface area contributed by atoms with E-state index in [0.29, 0.717) is 22.3 Å². The van der Waals surface area contributed by atoms with E-state index in [1.807, 2.05) is 6.92 Å². The fourth-order valence-electron chi connectivity index (χ4n) is 4.75. The monoisotopic (exact) mass is 452 g/mol. The lowest BCUT2D eigenvalue weighted by Gasteiger charge is -2.28. The van der Waals surface area contributed by atoms with Gasteiger partial charge in [-0.15, -0.1) is 0 Å². The summed E-state index contributed by atoms with van der Waals surface area (Å²) >= 11 is 0. The maximum Gasteiger partial charge on any atom is 0.349 e. The molecule has 1 saturated carbocycles. The highest BCUT2D eigenvalue weighted by Gasteiger charge is 2.26. The zero-order valence-electron chi connectivity index (χ0n) is 18.6. The molecule has 1 aliphatic rings. The highest BCUT2D eigenvalue weighted by atomic mass is 19.1. The van der Waals surface area contributed by atoms with Crippen LogP contribution >= 0.6 is 0 Å². The van der Waals surface area contributed by atoms with E-state index >= 15 is 0 Å². The number of hydrogen-bond donors (Lipinski definition) is 0. The summed E-state index contributed by atoms with van der Waals surface area (Å²) in [5, 5.41) is 0.897. The molecule has 3 aromatic rings. The smallest absolute Gasteiger partial charge is 0.349 e. The normalized spacial score (nSPS) is 18.7. The number of fused-ring (bicyclic) bond motifs is 1. The molecular weight excluding hydrogens is 425 g/mol. The molecule has 2 nitrogen and oxygen atoms in total. The summed E-state index contributed by atoms with van der Waals surface area (Å²) < 4.78 is 48.7. The van der Waals surface area contributed by atoms with Crippen LogP contribution in [0.1, 0.15) is 67.3 Å². The predicted molar refractivity (Wildman–Crippen MR) is 124 cm³/mol. The third kappa shape index (κ3) is 5.29. The largest absolute Gasteiger partial charge is 0.423 e. The number of carbonyl (C=O) groups excluding carboxylic acids is 1. The number of halogens is 3. The molecule has 0 amide bonds. The van der Waals surface area contributed by atoms with Gasteiger partial charge >= 0.3 is 5.97 Å². The van der Waals surface area contributed by atoms with Crippen molar-refractivity contribution >= 4 is 16.7 Å². The van der Waals surface area contributed by atoms with Crippen LogP contribution in [0.25, 0.3) is 10.8 Å². The number of esters is 1. The number of carbonyl (C=O) groups is 1. The van der Waals surface area contributed by atoms with E-state index in [-0.39, 0.29) is 11.7 Å². The molecule has 0 N–H and O–H groups in total. The van der Waals surface area contributed by atoms with Gasteiger partial charge in [-0.3, -0.25) is 0 Å². The van der Waals surface area contributed by atoms with Gasteiger partial charge in [0.05, 0.1) is 0 Å². The van der Waals surface area contributed by atoms with Gasteiger partial charge in [0.1, 0.15) is 28.8 Å². The van der Waals surface area contributed by atoms with Crippen LogP contribution in [-0.4, -0.2) is 5.97 Å². The van der Waals surface area contributed by atoms with E-state index in [4.69, 9.17) is 4.74 Å². The molecule has 0 heterocycles. The summed E-state index contributed by atoms with van der Waals surface area (Å²) in [7, 11) is 0. The highest BCUT2D eigenvalue weighted by Crippen LogP contribution is 2.38. The molecule has 172 valence electrons. The lowest BCUT2D eigenvalue weighted by Crippen LogP contribution is -2.16. The van der Waals surface area contributed by atoms with E-state index in [9.17, 15) is 18.0 Å². The number of ether oxygens (including phenoxy) is 1. The van der Waals surface area contributed by atoms with Crippen LogP contribution in [0.15, 0.2) is 60.7 Å². The van der Waals surface area contributed by atoms with E-state index in [0.717, 1.165) is 38.5 Å². The summed E-state index contributed by atoms with van der Waals surface area (Å²) in [6.45, 7) is 2.02. The number of benzene rings is 3. The molecule has 0 aromatic heterocycles. The summed E-state index contributed by atoms with van der Waals surface area (Å²) in [5.74, 6) is -2.51. The Kier molecular flexibility index (Phi) is 7.17. The van der Waals surface area contributed by atoms with Crippen molar-refractivity contribution < 1.29 is 22.7 Å². The van der Waals surface area contributed by atoms with E-state index in [1.54, 1.807) is 6.07 Å². The van der Waals surface area contributed by atoms with Gasteiger partial charge in [0.15, 0.2) is 0 Å². The van der Waals surface area contributed by atoms with Crippen LogP contribution in [-0.2, 0) is 0 Å². The summed E-state index contributed by atoms with van der Waals surface area (Å²) in [6, 6.07) is 11.4. The maximum atomic E-state index is 14.8. The van der Waals surface area contributed by atoms with Crippen LogP contribution < -0.4 is 4.74 Å². The third-order valence-corrected chi connectivity index (χ3v) is 6.57. The predicted octanol–water partition coefficient (Wildman–Crippen LogP) is 8.11. The Labute approximate surface area is 192 Å². The zero-order valence-corrected chi connectivity index (χ0v) is 18.6. The van der Waals surface area contributed by atoms with Gasteiger partial charge in [-0.05, 0) is 105 Å². The molecule has 0 saturated heterocycles. The summed E-state index contributed by atoms with van der Waals surface area (Å²) in [6.07, 6.45) is 10.3. The fraction of sp³-hybridized carbons (Fsp3) is 0.321. The van der Waals surface area contributed by atoms with Crippen molar-refractivity contribution in [2.24, 2.45) is 5.92 Å². The second-order valence-electron chi connectivity index (χ2n) is 8.74. The quantitative estimate of drug-likeness (QED) is 0.214. The third-order valence-electron chi connectivity index (χ3n) is 6.57. The minimum Gasteiger partial charge on any atom is -0.423 e. The first kappa shape index (κ1) is 23.1. The van der Waals surface area contributed by atoms with Gasteiger partial charge in [0.25, 0.3) is 0 Å². The van der Waals surface area contributed by atoms with Gasteiger partial charge < -0.3 is 4.74 Å². The van der Waals surface area contributed by atoms with Crippen LogP contribution in [0.4, 0.5) is 13.2 Å². The zero-order chi connectivity index (χ0) is 23.4. The molecule has 5 heteroatoms. The minimum absolute atomic E-state index is 0.0902. The molecule has 0 atom stereocenters. The average Bonchev–Trinajstić information content (AvgIpc) is 2.79. The van der Waals surface area contributed by atoms with E-state index < -0.39 is 29.0 Å². The van der Waals surface area contributed by atoms with Crippen molar-refractivity contribution in [1.29, 1.82) is 0 Å². The second-order valence-corrected chi connectivity index (χ2v) is 8.74. The molecule has 0 unspecified atom stereocenters. The number of allylic oxidation sites excluding steroid dienone is 2. The molecule has 4 rings (SSSR count). The minimum atomic E-state index is -1.11. The lowest BCUT2D eigenvalue weighted by molar-refractivity contribution is 0.0724. The van der Waals surface area contributed by atoms with E-state index in [2.05, 4.69) is 12.2 Å². The van der Waals surface area contributed by atoms with Crippen molar-refractivity contribution in [1.82, 2.24) is 0 Å². The van der Waals surface area contributed by atoms with Crippen molar-refractivity contribution in [2.75, 3.05) is 0 Å². The Bertz CT molecular complexity index is 1150. The Morgan fingerprint density at radius 2 is 1.70 bits per heavy atom. The molecular formula is C28H27F3O2. The van der Waals surface area contributed by atoms with Crippen LogP contribution in [0.3, 0.4) is 0 Å². The number of hydrogen-bond acceptors (Lipinski definition) is 2. The Balaban J connectivity index is 1.45. The first-order valence-corrected chi connectivity index (χ1v) is 11.5. The molecule has 0 bridgehead atoms. The van der Waals surface area contributed by atoms with E-state index in [1.165, 1.54) is 42.5 Å². The first-order chi connectivity index (χ1) is 16.0. The standard InChI is InChI=1S/C28H27F3O2/c1-2-3-4-6-18-9-11-19(12-10-18)21-16-25(30)27(26(31)17-21)28(32)33-22-13-14-23-20(15-22)7-5-8-24(23)29/h2-3,5,7-8,13-19H,4,6,9-12H2,1H3/b3-2+. The first-order valence-electron chi connectivity index (χ1n) is 11.5. The van der Waals surface area contributed by atoms with Crippen molar-refractivity contribution in [3.8, 4) is 5.75 Å². The molecule has 0 spiro atoms. The second kappa shape index (κ2) is 10.2.